The normalized spacial score (nSPS) is 18.0. The molecule has 0 radical (unpaired) electrons. The lowest BCUT2D eigenvalue weighted by Gasteiger charge is -2.25. The number of carbonyl (C=O) groups excluding carboxylic acids is 1. The molecule has 0 saturated heterocycles. The van der Waals surface area contributed by atoms with E-state index in [0.29, 0.717) is 10.2 Å². The second-order valence-corrected chi connectivity index (χ2v) is 11.3. The molecule has 5 rings (SSSR count). The van der Waals surface area contributed by atoms with Crippen molar-refractivity contribution in [3.05, 3.63) is 57.3 Å². The van der Waals surface area contributed by atoms with Gasteiger partial charge in [-0.1, -0.05) is 30.7 Å². The Bertz CT molecular complexity index is 1500. The zero-order valence-corrected chi connectivity index (χ0v) is 22.0. The van der Waals surface area contributed by atoms with Gasteiger partial charge in [-0.25, -0.2) is 9.78 Å². The van der Waals surface area contributed by atoms with Gasteiger partial charge in [-0.05, 0) is 63.3 Å². The maximum Gasteiger partial charge on any atom is 0.407 e. The van der Waals surface area contributed by atoms with E-state index < -0.39 is 5.60 Å². The highest BCUT2D eigenvalue weighted by atomic mass is 32.1. The fourth-order valence-corrected chi connectivity index (χ4v) is 5.96. The topological polar surface area (TPSA) is 93.3 Å². The molecular formula is C28H31N3O4S. The quantitative estimate of drug-likeness (QED) is 0.340. The predicted molar refractivity (Wildman–Crippen MR) is 144 cm³/mol. The molecule has 2 N–H and O–H groups in total. The van der Waals surface area contributed by atoms with Crippen molar-refractivity contribution in [1.82, 2.24) is 15.3 Å². The van der Waals surface area contributed by atoms with Crippen LogP contribution < -0.4 is 15.6 Å². The maximum atomic E-state index is 12.6. The number of ether oxygens (including phenoxy) is 2. The minimum Gasteiger partial charge on any atom is -0.496 e. The highest BCUT2D eigenvalue weighted by molar-refractivity contribution is 7.16. The largest absolute Gasteiger partial charge is 0.496 e. The fraction of sp³-hybridized carbons (Fsp3) is 0.393. The number of fused-ring (bicyclic) bond motifs is 3. The fourth-order valence-electron chi connectivity index (χ4n) is 5.28. The monoisotopic (exact) mass is 505 g/mol. The third-order valence-corrected chi connectivity index (χ3v) is 7.63. The lowest BCUT2D eigenvalue weighted by molar-refractivity contribution is 0.0501. The molecule has 1 fully saturated rings. The number of amides is 1. The summed E-state index contributed by atoms with van der Waals surface area (Å²) in [5, 5.41) is 3.97. The number of aryl methyl sites for hydroxylation is 1. The molecule has 1 aliphatic rings. The second kappa shape index (κ2) is 9.24. The van der Waals surface area contributed by atoms with E-state index >= 15 is 0 Å². The van der Waals surface area contributed by atoms with Crippen LogP contribution in [0, 0.1) is 6.92 Å². The molecule has 0 unspecified atom stereocenters. The summed E-state index contributed by atoms with van der Waals surface area (Å²) in [7, 11) is 1.66. The van der Waals surface area contributed by atoms with Crippen LogP contribution >= 0.6 is 11.3 Å². The average molecular weight is 506 g/mol. The van der Waals surface area contributed by atoms with E-state index in [2.05, 4.69) is 39.6 Å². The zero-order valence-electron chi connectivity index (χ0n) is 21.2. The first-order valence-corrected chi connectivity index (χ1v) is 13.1. The van der Waals surface area contributed by atoms with Gasteiger partial charge in [0.05, 0.1) is 23.7 Å². The SMILES string of the molecule is COc1cc(C)c2[nH]c(=O)c3scnc3c2c1-c1ccc([C@H]2CCC[C@H]2NC(=O)OC(C)(C)C)cc1. The lowest BCUT2D eigenvalue weighted by atomic mass is 9.90. The van der Waals surface area contributed by atoms with Crippen LogP contribution in [0.5, 0.6) is 5.75 Å². The van der Waals surface area contributed by atoms with E-state index in [4.69, 9.17) is 9.47 Å². The van der Waals surface area contributed by atoms with Crippen LogP contribution in [0.3, 0.4) is 0 Å². The van der Waals surface area contributed by atoms with Gasteiger partial charge in [-0.3, -0.25) is 4.79 Å². The molecule has 36 heavy (non-hydrogen) atoms. The average Bonchev–Trinajstić information content (AvgIpc) is 3.49. The summed E-state index contributed by atoms with van der Waals surface area (Å²) in [5.41, 5.74) is 6.52. The van der Waals surface area contributed by atoms with Crippen molar-refractivity contribution in [2.24, 2.45) is 0 Å². The van der Waals surface area contributed by atoms with Crippen LogP contribution in [-0.2, 0) is 4.74 Å². The van der Waals surface area contributed by atoms with Gasteiger partial charge in [-0.15, -0.1) is 11.3 Å². The predicted octanol–water partition coefficient (Wildman–Crippen LogP) is 6.28. The van der Waals surface area contributed by atoms with Gasteiger partial charge < -0.3 is 19.8 Å². The summed E-state index contributed by atoms with van der Waals surface area (Å²) < 4.78 is 11.9. The van der Waals surface area contributed by atoms with E-state index in [-0.39, 0.29) is 23.6 Å². The third-order valence-electron chi connectivity index (χ3n) is 6.80. The molecule has 2 aromatic heterocycles. The molecule has 1 aliphatic carbocycles. The summed E-state index contributed by atoms with van der Waals surface area (Å²) >= 11 is 1.34. The van der Waals surface area contributed by atoms with Crippen LogP contribution in [0.15, 0.2) is 40.6 Å². The van der Waals surface area contributed by atoms with Gasteiger partial charge in [0.1, 0.15) is 16.1 Å². The smallest absolute Gasteiger partial charge is 0.407 e. The van der Waals surface area contributed by atoms with Crippen LogP contribution in [0.4, 0.5) is 4.79 Å². The van der Waals surface area contributed by atoms with Crippen molar-refractivity contribution in [3.8, 4) is 16.9 Å². The van der Waals surface area contributed by atoms with Crippen LogP contribution in [0.1, 0.15) is 57.1 Å². The number of nitrogens with zero attached hydrogens (tertiary/aromatic N) is 1. The minimum absolute atomic E-state index is 0.0418. The first-order valence-electron chi connectivity index (χ1n) is 12.2. The van der Waals surface area contributed by atoms with Crippen molar-refractivity contribution in [2.45, 2.75) is 64.5 Å². The Morgan fingerprint density at radius 2 is 1.94 bits per heavy atom. The summed E-state index contributed by atoms with van der Waals surface area (Å²) in [6.07, 6.45) is 2.63. The number of rotatable bonds is 4. The van der Waals surface area contributed by atoms with E-state index in [9.17, 15) is 9.59 Å². The van der Waals surface area contributed by atoms with Crippen molar-refractivity contribution in [2.75, 3.05) is 7.11 Å². The van der Waals surface area contributed by atoms with Crippen molar-refractivity contribution < 1.29 is 14.3 Å². The summed E-state index contributed by atoms with van der Waals surface area (Å²) in [6.45, 7) is 7.57. The van der Waals surface area contributed by atoms with Crippen molar-refractivity contribution in [1.29, 1.82) is 0 Å². The summed E-state index contributed by atoms with van der Waals surface area (Å²) in [5.74, 6) is 0.962. The van der Waals surface area contributed by atoms with Crippen molar-refractivity contribution >= 4 is 38.5 Å². The van der Waals surface area contributed by atoms with Gasteiger partial charge in [-0.2, -0.15) is 0 Å². The Hall–Kier alpha value is -3.39. The second-order valence-electron chi connectivity index (χ2n) is 10.4. The van der Waals surface area contributed by atoms with Gasteiger partial charge >= 0.3 is 6.09 Å². The Kier molecular flexibility index (Phi) is 6.24. The number of thiazole rings is 1. The van der Waals surface area contributed by atoms with Crippen LogP contribution in [0.2, 0.25) is 0 Å². The number of pyridine rings is 1. The Morgan fingerprint density at radius 1 is 1.19 bits per heavy atom. The van der Waals surface area contributed by atoms with Gasteiger partial charge in [0, 0.05) is 22.9 Å². The summed E-state index contributed by atoms with van der Waals surface area (Å²) in [4.78, 5) is 32.6. The number of alkyl carbamates (subject to hydrolysis) is 1. The highest BCUT2D eigenvalue weighted by Crippen LogP contribution is 2.42. The number of hydrogen-bond donors (Lipinski definition) is 2. The Morgan fingerprint density at radius 3 is 2.64 bits per heavy atom. The third kappa shape index (κ3) is 4.46. The first-order chi connectivity index (χ1) is 17.2. The first kappa shape index (κ1) is 24.3. The van der Waals surface area contributed by atoms with Gasteiger partial charge in [0.2, 0.25) is 0 Å². The number of aromatic nitrogens is 2. The molecule has 7 nitrogen and oxygen atoms in total. The van der Waals surface area contributed by atoms with E-state index in [1.54, 1.807) is 12.6 Å². The zero-order chi connectivity index (χ0) is 25.6. The van der Waals surface area contributed by atoms with E-state index in [1.807, 2.05) is 33.8 Å². The molecule has 1 saturated carbocycles. The number of nitrogens with one attached hydrogen (secondary N) is 2. The van der Waals surface area contributed by atoms with Crippen molar-refractivity contribution in [3.63, 3.8) is 0 Å². The Balaban J connectivity index is 1.53. The number of hydrogen-bond acceptors (Lipinski definition) is 6. The van der Waals surface area contributed by atoms with Crippen LogP contribution in [-0.4, -0.2) is 34.8 Å². The molecule has 4 aromatic rings. The molecular weight excluding hydrogens is 474 g/mol. The maximum absolute atomic E-state index is 12.6. The molecule has 2 heterocycles. The van der Waals surface area contributed by atoms with Gasteiger partial charge in [0.15, 0.2) is 0 Å². The molecule has 0 spiro atoms. The number of methoxy groups -OCH3 is 1. The molecule has 0 bridgehead atoms. The number of benzene rings is 2. The highest BCUT2D eigenvalue weighted by Gasteiger charge is 2.31. The lowest BCUT2D eigenvalue weighted by Crippen LogP contribution is -2.40. The number of aromatic amines is 1. The number of carbonyl (C=O) groups is 1. The summed E-state index contributed by atoms with van der Waals surface area (Å²) in [6, 6.07) is 10.4. The standard InChI is InChI=1S/C28H31N3O4S/c1-15-13-20(34-5)21(22-23(15)31-26(32)25-24(22)29-14-36-25)17-11-9-16(10-12-17)18-7-6-8-19(18)30-27(33)35-28(2,3)4/h9-14,18-19H,6-8H2,1-5H3,(H,30,33)(H,31,32)/t18-,19-/m1/s1. The molecule has 2 atom stereocenters. The van der Waals surface area contributed by atoms with E-state index in [1.165, 1.54) is 16.9 Å². The Labute approximate surface area is 213 Å². The van der Waals surface area contributed by atoms with Crippen LogP contribution in [0.25, 0.3) is 32.2 Å². The van der Waals surface area contributed by atoms with E-state index in [0.717, 1.165) is 52.6 Å². The molecule has 188 valence electrons. The molecule has 8 heteroatoms. The minimum atomic E-state index is -0.525. The molecule has 2 aromatic carbocycles. The molecule has 1 amide bonds. The number of H-pyrrole nitrogens is 1. The van der Waals surface area contributed by atoms with Gasteiger partial charge in [0.25, 0.3) is 5.56 Å². The molecule has 0 aliphatic heterocycles.